The Labute approximate surface area is 178 Å². The van der Waals surface area contributed by atoms with Crippen LogP contribution in [0.1, 0.15) is 28.3 Å². The Hall–Kier alpha value is -3.26. The molecule has 0 saturated carbocycles. The van der Waals surface area contributed by atoms with Crippen molar-refractivity contribution in [3.8, 4) is 0 Å². The summed E-state index contributed by atoms with van der Waals surface area (Å²) in [4.78, 5) is 22.2. The largest absolute Gasteiger partial charge is 0.416 e. The number of alkyl halides is 3. The van der Waals surface area contributed by atoms with Crippen molar-refractivity contribution in [2.45, 2.75) is 25.1 Å². The van der Waals surface area contributed by atoms with Crippen molar-refractivity contribution < 1.29 is 18.0 Å². The minimum absolute atomic E-state index is 0.229. The van der Waals surface area contributed by atoms with Crippen LogP contribution in [0.2, 0.25) is 0 Å². The van der Waals surface area contributed by atoms with Crippen molar-refractivity contribution in [1.82, 2.24) is 14.9 Å². The number of hydrogen-bond acceptors (Lipinski definition) is 4. The Bertz CT molecular complexity index is 937. The number of primary amides is 1. The van der Waals surface area contributed by atoms with E-state index in [1.165, 1.54) is 12.1 Å². The molecule has 0 radical (unpaired) electrons. The molecule has 31 heavy (non-hydrogen) atoms. The molecule has 2 heterocycles. The van der Waals surface area contributed by atoms with Crippen LogP contribution in [0.3, 0.4) is 0 Å². The van der Waals surface area contributed by atoms with Crippen LogP contribution in [0.15, 0.2) is 73.3 Å². The number of carbonyl (C=O) groups excluding carboxylic acids is 1. The number of carbonyl (C=O) groups is 1. The first kappa shape index (κ1) is 22.4. The van der Waals surface area contributed by atoms with E-state index in [1.807, 2.05) is 29.2 Å². The third-order valence-electron chi connectivity index (χ3n) is 5.04. The summed E-state index contributed by atoms with van der Waals surface area (Å²) in [5.41, 5.74) is 7.13. The van der Waals surface area contributed by atoms with Gasteiger partial charge in [0.05, 0.1) is 5.56 Å². The van der Waals surface area contributed by atoms with E-state index in [4.69, 9.17) is 5.73 Å². The molecule has 0 spiro atoms. The number of hydrogen-bond donors (Lipinski definition) is 1. The Kier molecular flexibility index (Phi) is 7.36. The standard InChI is InChI=1S/C23H23F3N4O/c24-23(25,26)20-3-1-2-19(16-20)21(22(27)31)30(14-8-17-4-10-28-11-5-17)15-9-18-6-12-29-13-7-18/h1-7,10-13,16,21H,8-9,14-15H2,(H2,27,31). The first-order valence-corrected chi connectivity index (χ1v) is 9.83. The number of pyridine rings is 2. The second-order valence-corrected chi connectivity index (χ2v) is 7.18. The molecule has 0 saturated heterocycles. The highest BCUT2D eigenvalue weighted by molar-refractivity contribution is 5.81. The molecule has 0 fully saturated rings. The molecule has 3 rings (SSSR count). The second kappa shape index (κ2) is 10.2. The molecule has 1 atom stereocenters. The maximum Gasteiger partial charge on any atom is 0.416 e. The molecule has 3 aromatic rings. The quantitative estimate of drug-likeness (QED) is 0.563. The van der Waals surface area contributed by atoms with Gasteiger partial charge in [-0.2, -0.15) is 13.2 Å². The van der Waals surface area contributed by atoms with Crippen LogP contribution in [0.5, 0.6) is 0 Å². The van der Waals surface area contributed by atoms with Crippen LogP contribution in [0.4, 0.5) is 13.2 Å². The fourth-order valence-electron chi connectivity index (χ4n) is 3.45. The fraction of sp³-hybridized carbons (Fsp3) is 0.261. The minimum atomic E-state index is -4.50. The molecular formula is C23H23F3N4O. The van der Waals surface area contributed by atoms with Crippen LogP contribution in [0.25, 0.3) is 0 Å². The smallest absolute Gasteiger partial charge is 0.368 e. The van der Waals surface area contributed by atoms with Gasteiger partial charge in [-0.3, -0.25) is 19.7 Å². The van der Waals surface area contributed by atoms with Gasteiger partial charge in [0.2, 0.25) is 5.91 Å². The normalized spacial score (nSPS) is 12.6. The van der Waals surface area contributed by atoms with E-state index in [2.05, 4.69) is 9.97 Å². The SMILES string of the molecule is NC(=O)C(c1cccc(C(F)(F)F)c1)N(CCc1ccncc1)CCc1ccncc1. The fourth-order valence-corrected chi connectivity index (χ4v) is 3.45. The molecule has 1 unspecified atom stereocenters. The Morgan fingerprint density at radius 2 is 1.42 bits per heavy atom. The summed E-state index contributed by atoms with van der Waals surface area (Å²) in [5.74, 6) is -0.691. The molecule has 2 aromatic heterocycles. The zero-order chi connectivity index (χ0) is 22.3. The van der Waals surface area contributed by atoms with Gasteiger partial charge in [-0.1, -0.05) is 12.1 Å². The number of halogens is 3. The van der Waals surface area contributed by atoms with E-state index < -0.39 is 23.7 Å². The van der Waals surface area contributed by atoms with Gasteiger partial charge in [0, 0.05) is 37.9 Å². The van der Waals surface area contributed by atoms with Gasteiger partial charge in [0.1, 0.15) is 6.04 Å². The van der Waals surface area contributed by atoms with Gasteiger partial charge in [0.15, 0.2) is 0 Å². The number of benzene rings is 1. The Balaban J connectivity index is 1.88. The van der Waals surface area contributed by atoms with E-state index >= 15 is 0 Å². The summed E-state index contributed by atoms with van der Waals surface area (Å²) in [7, 11) is 0. The molecule has 162 valence electrons. The third-order valence-corrected chi connectivity index (χ3v) is 5.04. The lowest BCUT2D eigenvalue weighted by atomic mass is 10.00. The topological polar surface area (TPSA) is 72.1 Å². The predicted molar refractivity (Wildman–Crippen MR) is 111 cm³/mol. The van der Waals surface area contributed by atoms with Crippen molar-refractivity contribution in [2.75, 3.05) is 13.1 Å². The highest BCUT2D eigenvalue weighted by Crippen LogP contribution is 2.32. The molecule has 1 amide bonds. The van der Waals surface area contributed by atoms with E-state index in [-0.39, 0.29) is 5.56 Å². The Morgan fingerprint density at radius 1 is 0.903 bits per heavy atom. The van der Waals surface area contributed by atoms with Gasteiger partial charge in [0.25, 0.3) is 0 Å². The number of nitrogens with two attached hydrogens (primary N) is 1. The molecule has 5 nitrogen and oxygen atoms in total. The van der Waals surface area contributed by atoms with Crippen LogP contribution in [0, 0.1) is 0 Å². The predicted octanol–water partition coefficient (Wildman–Crippen LogP) is 3.81. The van der Waals surface area contributed by atoms with Crippen molar-refractivity contribution >= 4 is 5.91 Å². The first-order valence-electron chi connectivity index (χ1n) is 9.83. The maximum absolute atomic E-state index is 13.2. The molecule has 2 N–H and O–H groups in total. The lowest BCUT2D eigenvalue weighted by Crippen LogP contribution is -2.40. The molecule has 0 aliphatic rings. The molecule has 0 aliphatic heterocycles. The van der Waals surface area contributed by atoms with Crippen LogP contribution >= 0.6 is 0 Å². The van der Waals surface area contributed by atoms with Gasteiger partial charge in [-0.15, -0.1) is 0 Å². The number of nitrogens with zero attached hydrogens (tertiary/aromatic N) is 3. The van der Waals surface area contributed by atoms with Gasteiger partial charge < -0.3 is 5.73 Å². The van der Waals surface area contributed by atoms with E-state index in [9.17, 15) is 18.0 Å². The Morgan fingerprint density at radius 3 is 1.87 bits per heavy atom. The molecule has 1 aromatic carbocycles. The van der Waals surface area contributed by atoms with Crippen molar-refractivity contribution in [1.29, 1.82) is 0 Å². The summed E-state index contributed by atoms with van der Waals surface area (Å²) < 4.78 is 39.7. The highest BCUT2D eigenvalue weighted by Gasteiger charge is 2.33. The van der Waals surface area contributed by atoms with E-state index in [0.29, 0.717) is 25.9 Å². The average molecular weight is 428 g/mol. The molecule has 0 aliphatic carbocycles. The number of rotatable bonds is 9. The highest BCUT2D eigenvalue weighted by atomic mass is 19.4. The monoisotopic (exact) mass is 428 g/mol. The van der Waals surface area contributed by atoms with E-state index in [0.717, 1.165) is 23.3 Å². The maximum atomic E-state index is 13.2. The average Bonchev–Trinajstić information content (AvgIpc) is 2.76. The number of aromatic nitrogens is 2. The summed E-state index contributed by atoms with van der Waals surface area (Å²) in [5, 5.41) is 0. The minimum Gasteiger partial charge on any atom is -0.368 e. The lowest BCUT2D eigenvalue weighted by Gasteiger charge is -2.30. The second-order valence-electron chi connectivity index (χ2n) is 7.18. The van der Waals surface area contributed by atoms with E-state index in [1.54, 1.807) is 24.8 Å². The zero-order valence-corrected chi connectivity index (χ0v) is 16.8. The first-order chi connectivity index (χ1) is 14.8. The van der Waals surface area contributed by atoms with Gasteiger partial charge in [-0.05, 0) is 65.9 Å². The number of amides is 1. The zero-order valence-electron chi connectivity index (χ0n) is 16.8. The van der Waals surface area contributed by atoms with Crippen molar-refractivity contribution in [3.63, 3.8) is 0 Å². The summed E-state index contributed by atoms with van der Waals surface area (Å²) in [6.07, 6.45) is 3.40. The van der Waals surface area contributed by atoms with Crippen molar-refractivity contribution in [2.24, 2.45) is 5.73 Å². The molecular weight excluding hydrogens is 405 g/mol. The van der Waals surface area contributed by atoms with Crippen molar-refractivity contribution in [3.05, 3.63) is 95.6 Å². The molecule has 0 bridgehead atoms. The lowest BCUT2D eigenvalue weighted by molar-refractivity contribution is -0.137. The van der Waals surface area contributed by atoms with Gasteiger partial charge in [-0.25, -0.2) is 0 Å². The summed E-state index contributed by atoms with van der Waals surface area (Å²) >= 11 is 0. The van der Waals surface area contributed by atoms with Crippen LogP contribution < -0.4 is 5.73 Å². The molecule has 8 heteroatoms. The van der Waals surface area contributed by atoms with Gasteiger partial charge >= 0.3 is 6.18 Å². The summed E-state index contributed by atoms with van der Waals surface area (Å²) in [6.45, 7) is 0.887. The van der Waals surface area contributed by atoms with Crippen LogP contribution in [-0.2, 0) is 23.8 Å². The van der Waals surface area contributed by atoms with Crippen LogP contribution in [-0.4, -0.2) is 33.9 Å². The third kappa shape index (κ3) is 6.36. The summed E-state index contributed by atoms with van der Waals surface area (Å²) in [6, 6.07) is 11.3.